The molecule has 32 valence electrons. The Hall–Kier alpha value is -0.190. The Labute approximate surface area is 28.5 Å². The first-order valence-corrected chi connectivity index (χ1v) is 1.06. The summed E-state index contributed by atoms with van der Waals surface area (Å²) in [5.74, 6) is 0. The van der Waals surface area contributed by atoms with Gasteiger partial charge in [-0.05, 0) is 0 Å². The molecule has 4 heteroatoms. The quantitative estimate of drug-likeness (QED) is 0.219. The number of nitrogens with two attached hydrogens (primary N) is 1. The number of alkyl halides is 1. The Morgan fingerprint density at radius 1 is 2.00 bits per heavy atom. The molecule has 0 aliphatic rings. The van der Waals surface area contributed by atoms with Crippen molar-refractivity contribution in [1.82, 2.24) is 5.48 Å². The maximum Gasteiger partial charge on any atom is 0.223 e. The number of hydrogen-bond acceptors (Lipinski definition) is 3. The Bertz CT molecular complexity index is 23.6. The summed E-state index contributed by atoms with van der Waals surface area (Å²) in [5.41, 5.74) is 5.40. The molecule has 0 bridgehead atoms. The fourth-order valence-corrected chi connectivity index (χ4v) is 0. The van der Waals surface area contributed by atoms with Gasteiger partial charge in [-0.2, -0.15) is 5.48 Å². The molecule has 0 aromatic heterocycles. The normalized spacial score (nSPS) is 15.0. The molecule has 0 saturated carbocycles. The average molecular weight is 80.1 g/mol. The summed E-state index contributed by atoms with van der Waals surface area (Å²) < 4.78 is 10.8. The first-order valence-electron chi connectivity index (χ1n) is 1.06. The van der Waals surface area contributed by atoms with Crippen molar-refractivity contribution in [2.24, 2.45) is 5.73 Å². The molecule has 1 atom stereocenters. The lowest BCUT2D eigenvalue weighted by Gasteiger charge is -1.90. The predicted octanol–water partition coefficient (Wildman–Crippen LogP) is -0.823. The molecule has 0 fully saturated rings. The minimum atomic E-state index is -1.81. The summed E-state index contributed by atoms with van der Waals surface area (Å²) >= 11 is 0. The van der Waals surface area contributed by atoms with Crippen LogP contribution < -0.4 is 11.2 Å². The van der Waals surface area contributed by atoms with Crippen molar-refractivity contribution in [3.63, 3.8) is 0 Å². The summed E-state index contributed by atoms with van der Waals surface area (Å²) in [6.45, 7) is 0. The van der Waals surface area contributed by atoms with Crippen molar-refractivity contribution < 1.29 is 9.60 Å². The lowest BCUT2D eigenvalue weighted by Crippen LogP contribution is -2.29. The standard InChI is InChI=1S/CH5FN2O/c2-1(3)4-5/h1,4-5H,3H2. The van der Waals surface area contributed by atoms with Crippen molar-refractivity contribution in [1.29, 1.82) is 0 Å². The first-order chi connectivity index (χ1) is 2.27. The summed E-state index contributed by atoms with van der Waals surface area (Å²) in [6, 6.07) is 0. The zero-order valence-corrected chi connectivity index (χ0v) is 2.48. The monoisotopic (exact) mass is 80.0 g/mol. The van der Waals surface area contributed by atoms with Crippen LogP contribution in [0.1, 0.15) is 0 Å². The van der Waals surface area contributed by atoms with Crippen LogP contribution in [0.4, 0.5) is 4.39 Å². The predicted molar refractivity (Wildman–Crippen MR) is 14.0 cm³/mol. The van der Waals surface area contributed by atoms with E-state index in [0.717, 1.165) is 5.48 Å². The second-order valence-corrected chi connectivity index (χ2v) is 0.531. The van der Waals surface area contributed by atoms with Gasteiger partial charge in [-0.15, -0.1) is 0 Å². The van der Waals surface area contributed by atoms with E-state index in [0.29, 0.717) is 0 Å². The zero-order valence-electron chi connectivity index (χ0n) is 2.48. The van der Waals surface area contributed by atoms with E-state index >= 15 is 0 Å². The maximum atomic E-state index is 10.8. The molecule has 0 spiro atoms. The van der Waals surface area contributed by atoms with E-state index in [4.69, 9.17) is 5.21 Å². The number of nitrogens with one attached hydrogen (secondary N) is 1. The SMILES string of the molecule is NC(F)NO. The first kappa shape index (κ1) is 4.81. The highest BCUT2D eigenvalue weighted by atomic mass is 19.1. The van der Waals surface area contributed by atoms with E-state index in [2.05, 4.69) is 5.73 Å². The van der Waals surface area contributed by atoms with E-state index in [1.165, 1.54) is 0 Å². The van der Waals surface area contributed by atoms with Gasteiger partial charge >= 0.3 is 0 Å². The van der Waals surface area contributed by atoms with Gasteiger partial charge in [0.15, 0.2) is 0 Å². The molecule has 0 aliphatic carbocycles. The molecule has 0 heterocycles. The summed E-state index contributed by atoms with van der Waals surface area (Å²) in [4.78, 5) is 0. The molecule has 5 heavy (non-hydrogen) atoms. The Balaban J connectivity index is 2.54. The van der Waals surface area contributed by atoms with Crippen LogP contribution in [0.25, 0.3) is 0 Å². The van der Waals surface area contributed by atoms with E-state index in [9.17, 15) is 4.39 Å². The molecular weight excluding hydrogens is 75.0 g/mol. The van der Waals surface area contributed by atoms with Gasteiger partial charge in [-0.3, -0.25) is 5.73 Å². The molecule has 0 aliphatic heterocycles. The van der Waals surface area contributed by atoms with Crippen LogP contribution in [0.2, 0.25) is 0 Å². The van der Waals surface area contributed by atoms with E-state index in [-0.39, 0.29) is 0 Å². The van der Waals surface area contributed by atoms with Gasteiger partial charge in [0, 0.05) is 0 Å². The Morgan fingerprint density at radius 3 is 2.20 bits per heavy atom. The molecule has 1 unspecified atom stereocenters. The Morgan fingerprint density at radius 2 is 2.20 bits per heavy atom. The largest absolute Gasteiger partial charge is 0.313 e. The van der Waals surface area contributed by atoms with Gasteiger partial charge in [0.25, 0.3) is 0 Å². The molecule has 0 rings (SSSR count). The van der Waals surface area contributed by atoms with E-state index in [1.54, 1.807) is 0 Å². The molecule has 0 radical (unpaired) electrons. The van der Waals surface area contributed by atoms with Crippen molar-refractivity contribution >= 4 is 0 Å². The van der Waals surface area contributed by atoms with Gasteiger partial charge < -0.3 is 5.21 Å². The Kier molecular flexibility index (Phi) is 1.99. The highest BCUT2D eigenvalue weighted by molar-refractivity contribution is 4.17. The molecule has 0 saturated heterocycles. The maximum absolute atomic E-state index is 10.8. The van der Waals surface area contributed by atoms with Crippen molar-refractivity contribution in [2.75, 3.05) is 0 Å². The van der Waals surface area contributed by atoms with Crippen LogP contribution in [0.5, 0.6) is 0 Å². The lowest BCUT2D eigenvalue weighted by atomic mass is 11.2. The van der Waals surface area contributed by atoms with Crippen LogP contribution in [0, 0.1) is 0 Å². The highest BCUT2D eigenvalue weighted by Gasteiger charge is 1.84. The minimum Gasteiger partial charge on any atom is -0.313 e. The zero-order chi connectivity index (χ0) is 4.28. The van der Waals surface area contributed by atoms with Crippen LogP contribution in [0.15, 0.2) is 0 Å². The smallest absolute Gasteiger partial charge is 0.223 e. The van der Waals surface area contributed by atoms with E-state index < -0.39 is 6.42 Å². The third kappa shape index (κ3) is 3.81. The second-order valence-electron chi connectivity index (χ2n) is 0.531. The fourth-order valence-electron chi connectivity index (χ4n) is 0. The summed E-state index contributed by atoms with van der Waals surface area (Å²) in [7, 11) is 0. The molecule has 0 aromatic rings. The second kappa shape index (κ2) is 2.07. The van der Waals surface area contributed by atoms with Crippen LogP contribution in [-0.2, 0) is 0 Å². The molecule has 4 N–H and O–H groups in total. The number of hydroxylamine groups is 1. The molecule has 3 nitrogen and oxygen atoms in total. The van der Waals surface area contributed by atoms with Gasteiger partial charge in [0.2, 0.25) is 6.42 Å². The van der Waals surface area contributed by atoms with Crippen LogP contribution >= 0.6 is 0 Å². The van der Waals surface area contributed by atoms with Gasteiger partial charge in [0.05, 0.1) is 0 Å². The molecule has 0 amide bonds. The third-order valence-electron chi connectivity index (χ3n) is 0.123. The van der Waals surface area contributed by atoms with Crippen molar-refractivity contribution in [3.8, 4) is 0 Å². The van der Waals surface area contributed by atoms with Gasteiger partial charge in [0.1, 0.15) is 0 Å². The van der Waals surface area contributed by atoms with E-state index in [1.807, 2.05) is 0 Å². The van der Waals surface area contributed by atoms with Gasteiger partial charge in [-0.25, -0.2) is 4.39 Å². The fraction of sp³-hybridized carbons (Fsp3) is 1.00. The lowest BCUT2D eigenvalue weighted by molar-refractivity contribution is 0.0634. The summed E-state index contributed by atoms with van der Waals surface area (Å²) in [6.07, 6.45) is -1.81. The van der Waals surface area contributed by atoms with Crippen molar-refractivity contribution in [2.45, 2.75) is 6.42 Å². The number of hydrogen-bond donors (Lipinski definition) is 3. The minimum absolute atomic E-state index is 1.14. The van der Waals surface area contributed by atoms with Crippen LogP contribution in [0.3, 0.4) is 0 Å². The van der Waals surface area contributed by atoms with Gasteiger partial charge in [-0.1, -0.05) is 0 Å². The third-order valence-corrected chi connectivity index (χ3v) is 0.123. The highest BCUT2D eigenvalue weighted by Crippen LogP contribution is 1.60. The topological polar surface area (TPSA) is 58.3 Å². The van der Waals surface area contributed by atoms with Crippen molar-refractivity contribution in [3.05, 3.63) is 0 Å². The average Bonchev–Trinajstić information content (AvgIpc) is 1.38. The summed E-state index contributed by atoms with van der Waals surface area (Å²) in [5, 5.41) is 7.39. The number of halogens is 1. The van der Waals surface area contributed by atoms with Crippen LogP contribution in [-0.4, -0.2) is 11.6 Å². The molecular formula is CH5FN2O. The molecule has 0 aromatic carbocycles. The number of rotatable bonds is 1.